The normalized spacial score (nSPS) is 12.8. The monoisotopic (exact) mass is 377 g/mol. The second-order valence-electron chi connectivity index (χ2n) is 6.16. The van der Waals surface area contributed by atoms with Crippen LogP contribution in [-0.4, -0.2) is 28.6 Å². The van der Waals surface area contributed by atoms with E-state index in [1.165, 1.54) is 13.3 Å². The standard InChI is InChI=1S/C19H18F3N3O2/c1-12(24-18(26)13-5-7-15(27-2)8-6-13)11-25-16(19(20,21)22)10-14-4-3-9-23-17(14)25/h3-10,12H,11H2,1-2H3,(H,24,26)/t12-/m1/s1. The fraction of sp³-hybridized carbons (Fsp3) is 0.263. The molecule has 1 atom stereocenters. The van der Waals surface area contributed by atoms with E-state index in [2.05, 4.69) is 10.3 Å². The third-order valence-corrected chi connectivity index (χ3v) is 4.13. The summed E-state index contributed by atoms with van der Waals surface area (Å²) in [5.74, 6) is 0.238. The van der Waals surface area contributed by atoms with Crippen molar-refractivity contribution in [1.29, 1.82) is 0 Å². The van der Waals surface area contributed by atoms with Gasteiger partial charge in [0.25, 0.3) is 5.91 Å². The minimum atomic E-state index is -4.51. The second kappa shape index (κ2) is 7.30. The van der Waals surface area contributed by atoms with Crippen LogP contribution in [0, 0.1) is 0 Å². The molecule has 3 rings (SSSR count). The van der Waals surface area contributed by atoms with Gasteiger partial charge in [-0.15, -0.1) is 0 Å². The van der Waals surface area contributed by atoms with Crippen LogP contribution in [0.3, 0.4) is 0 Å². The predicted molar refractivity (Wildman–Crippen MR) is 94.7 cm³/mol. The summed E-state index contributed by atoms with van der Waals surface area (Å²) in [6, 6.07) is 10.2. The topological polar surface area (TPSA) is 56.1 Å². The maximum absolute atomic E-state index is 13.4. The SMILES string of the molecule is COc1ccc(C(=O)N[C@H](C)Cn2c(C(F)(F)F)cc3cccnc32)cc1. The number of hydrogen-bond acceptors (Lipinski definition) is 3. The lowest BCUT2D eigenvalue weighted by Gasteiger charge is -2.18. The molecule has 8 heteroatoms. The van der Waals surface area contributed by atoms with Crippen LogP contribution in [0.25, 0.3) is 11.0 Å². The molecule has 0 fully saturated rings. The lowest BCUT2D eigenvalue weighted by Crippen LogP contribution is -2.36. The largest absolute Gasteiger partial charge is 0.497 e. The lowest BCUT2D eigenvalue weighted by molar-refractivity contribution is -0.143. The quantitative estimate of drug-likeness (QED) is 0.734. The molecule has 0 spiro atoms. The minimum absolute atomic E-state index is 0.0583. The molecule has 142 valence electrons. The van der Waals surface area contributed by atoms with Crippen LogP contribution >= 0.6 is 0 Å². The average Bonchev–Trinajstić information content (AvgIpc) is 3.00. The van der Waals surface area contributed by atoms with Crippen LogP contribution in [0.1, 0.15) is 23.0 Å². The van der Waals surface area contributed by atoms with Crippen LogP contribution in [0.5, 0.6) is 5.75 Å². The molecule has 0 saturated heterocycles. The maximum atomic E-state index is 13.4. The zero-order valence-electron chi connectivity index (χ0n) is 14.7. The fourth-order valence-electron chi connectivity index (χ4n) is 2.88. The molecule has 2 heterocycles. The van der Waals surface area contributed by atoms with E-state index in [1.807, 2.05) is 0 Å². The predicted octanol–water partition coefficient (Wildman–Crippen LogP) is 3.88. The van der Waals surface area contributed by atoms with Crippen molar-refractivity contribution in [3.05, 3.63) is 59.9 Å². The Bertz CT molecular complexity index is 949. The first-order chi connectivity index (χ1) is 12.8. The lowest BCUT2D eigenvalue weighted by atomic mass is 10.2. The molecule has 0 bridgehead atoms. The number of carbonyl (C=O) groups excluding carboxylic acids is 1. The molecular weight excluding hydrogens is 359 g/mol. The van der Waals surface area contributed by atoms with Crippen molar-refractivity contribution in [3.8, 4) is 5.75 Å². The third kappa shape index (κ3) is 4.05. The van der Waals surface area contributed by atoms with Gasteiger partial charge in [0.2, 0.25) is 0 Å². The summed E-state index contributed by atoms with van der Waals surface area (Å²) in [6.45, 7) is 1.59. The number of carbonyl (C=O) groups is 1. The highest BCUT2D eigenvalue weighted by molar-refractivity contribution is 5.94. The molecular formula is C19H18F3N3O2. The molecule has 2 aromatic heterocycles. The van der Waals surface area contributed by atoms with Gasteiger partial charge in [0.05, 0.1) is 7.11 Å². The zero-order valence-corrected chi connectivity index (χ0v) is 14.7. The molecule has 5 nitrogen and oxygen atoms in total. The number of ether oxygens (including phenoxy) is 1. The van der Waals surface area contributed by atoms with E-state index in [0.717, 1.165) is 10.6 Å². The molecule has 27 heavy (non-hydrogen) atoms. The van der Waals surface area contributed by atoms with E-state index in [0.29, 0.717) is 16.7 Å². The average molecular weight is 377 g/mol. The van der Waals surface area contributed by atoms with Gasteiger partial charge in [0.15, 0.2) is 0 Å². The molecule has 0 radical (unpaired) electrons. The second-order valence-corrected chi connectivity index (χ2v) is 6.16. The number of fused-ring (bicyclic) bond motifs is 1. The summed E-state index contributed by atoms with van der Waals surface area (Å²) < 4.78 is 46.3. The number of amides is 1. The first-order valence-corrected chi connectivity index (χ1v) is 8.26. The summed E-state index contributed by atoms with van der Waals surface area (Å²) in [6.07, 6.45) is -3.07. The summed E-state index contributed by atoms with van der Waals surface area (Å²) in [4.78, 5) is 16.4. The van der Waals surface area contributed by atoms with Gasteiger partial charge < -0.3 is 14.6 Å². The molecule has 3 aromatic rings. The van der Waals surface area contributed by atoms with Crippen LogP contribution in [-0.2, 0) is 12.7 Å². The van der Waals surface area contributed by atoms with Gasteiger partial charge in [-0.05, 0) is 49.4 Å². The number of methoxy groups -OCH3 is 1. The van der Waals surface area contributed by atoms with Gasteiger partial charge >= 0.3 is 6.18 Å². The molecule has 0 aliphatic carbocycles. The van der Waals surface area contributed by atoms with Crippen LogP contribution < -0.4 is 10.1 Å². The van der Waals surface area contributed by atoms with E-state index in [-0.39, 0.29) is 18.1 Å². The molecule has 0 aliphatic heterocycles. The van der Waals surface area contributed by atoms with Crippen LogP contribution in [0.15, 0.2) is 48.7 Å². The number of benzene rings is 1. The number of aromatic nitrogens is 2. The van der Waals surface area contributed by atoms with Crippen molar-refractivity contribution in [1.82, 2.24) is 14.9 Å². The molecule has 0 aliphatic rings. The number of hydrogen-bond donors (Lipinski definition) is 1. The minimum Gasteiger partial charge on any atom is -0.497 e. The molecule has 0 unspecified atom stereocenters. The smallest absolute Gasteiger partial charge is 0.431 e. The Labute approximate surface area is 153 Å². The van der Waals surface area contributed by atoms with Gasteiger partial charge in [-0.2, -0.15) is 13.2 Å². The van der Waals surface area contributed by atoms with Gasteiger partial charge in [-0.3, -0.25) is 4.79 Å². The highest BCUT2D eigenvalue weighted by Crippen LogP contribution is 2.33. The number of nitrogens with zero attached hydrogens (tertiary/aromatic N) is 2. The van der Waals surface area contributed by atoms with Crippen molar-refractivity contribution >= 4 is 16.9 Å². The van der Waals surface area contributed by atoms with Gasteiger partial charge in [-0.1, -0.05) is 0 Å². The first-order valence-electron chi connectivity index (χ1n) is 8.26. The van der Waals surface area contributed by atoms with Crippen molar-refractivity contribution < 1.29 is 22.7 Å². The van der Waals surface area contributed by atoms with Crippen molar-refractivity contribution in [2.75, 3.05) is 7.11 Å². The Hall–Kier alpha value is -3.03. The summed E-state index contributed by atoms with van der Waals surface area (Å²) >= 11 is 0. The van der Waals surface area contributed by atoms with Crippen molar-refractivity contribution in [3.63, 3.8) is 0 Å². The van der Waals surface area contributed by atoms with Crippen molar-refractivity contribution in [2.24, 2.45) is 0 Å². The Kier molecular flexibility index (Phi) is 5.07. The summed E-state index contributed by atoms with van der Waals surface area (Å²) in [5.41, 5.74) is -0.161. The van der Waals surface area contributed by atoms with Crippen LogP contribution in [0.4, 0.5) is 13.2 Å². The summed E-state index contributed by atoms with van der Waals surface area (Å²) in [7, 11) is 1.52. The Morgan fingerprint density at radius 2 is 1.96 bits per heavy atom. The Morgan fingerprint density at radius 3 is 2.59 bits per heavy atom. The molecule has 0 saturated carbocycles. The van der Waals surface area contributed by atoms with E-state index in [9.17, 15) is 18.0 Å². The Balaban J connectivity index is 1.81. The van der Waals surface area contributed by atoms with E-state index < -0.39 is 17.9 Å². The number of alkyl halides is 3. The molecule has 1 N–H and O–H groups in total. The number of nitrogens with one attached hydrogen (secondary N) is 1. The van der Waals surface area contributed by atoms with E-state index in [4.69, 9.17) is 4.74 Å². The summed E-state index contributed by atoms with van der Waals surface area (Å²) in [5, 5.41) is 3.12. The van der Waals surface area contributed by atoms with Crippen molar-refractivity contribution in [2.45, 2.75) is 25.7 Å². The Morgan fingerprint density at radius 1 is 1.26 bits per heavy atom. The van der Waals surface area contributed by atoms with E-state index in [1.54, 1.807) is 43.3 Å². The van der Waals surface area contributed by atoms with Gasteiger partial charge in [0.1, 0.15) is 17.1 Å². The number of halogens is 3. The molecule has 1 aromatic carbocycles. The highest BCUT2D eigenvalue weighted by atomic mass is 19.4. The van der Waals surface area contributed by atoms with E-state index >= 15 is 0 Å². The molecule has 1 amide bonds. The van der Waals surface area contributed by atoms with Crippen LogP contribution in [0.2, 0.25) is 0 Å². The van der Waals surface area contributed by atoms with Gasteiger partial charge in [-0.25, -0.2) is 4.98 Å². The zero-order chi connectivity index (χ0) is 19.6. The number of rotatable bonds is 5. The van der Waals surface area contributed by atoms with Gasteiger partial charge in [0, 0.05) is 29.7 Å². The maximum Gasteiger partial charge on any atom is 0.431 e. The third-order valence-electron chi connectivity index (χ3n) is 4.13. The fourth-order valence-corrected chi connectivity index (χ4v) is 2.88. The number of pyridine rings is 1. The highest BCUT2D eigenvalue weighted by Gasteiger charge is 2.36. The first kappa shape index (κ1) is 18.8.